The Bertz CT molecular complexity index is 485. The Morgan fingerprint density at radius 3 is 2.79 bits per heavy atom. The fourth-order valence-electron chi connectivity index (χ4n) is 1.29. The molecule has 0 bridgehead atoms. The van der Waals surface area contributed by atoms with Crippen molar-refractivity contribution >= 4 is 34.0 Å². The van der Waals surface area contributed by atoms with E-state index in [1.165, 1.54) is 0 Å². The fourth-order valence-corrected chi connectivity index (χ4v) is 1.76. The highest BCUT2D eigenvalue weighted by molar-refractivity contribution is 6.36. The van der Waals surface area contributed by atoms with E-state index in [2.05, 4.69) is 4.98 Å². The van der Waals surface area contributed by atoms with Crippen molar-refractivity contribution < 1.29 is 4.74 Å². The molecule has 0 aliphatic heterocycles. The highest BCUT2D eigenvalue weighted by Gasteiger charge is 2.05. The summed E-state index contributed by atoms with van der Waals surface area (Å²) < 4.78 is 5.10. The van der Waals surface area contributed by atoms with E-state index >= 15 is 0 Å². The molecular formula is C10H7Cl2NO. The van der Waals surface area contributed by atoms with E-state index < -0.39 is 0 Å². The fraction of sp³-hybridized carbons (Fsp3) is 0.100. The van der Waals surface area contributed by atoms with Gasteiger partial charge in [-0.1, -0.05) is 23.2 Å². The SMILES string of the molecule is COc1cc2ccnc(Cl)c2cc1Cl. The zero-order valence-electron chi connectivity index (χ0n) is 7.42. The summed E-state index contributed by atoms with van der Waals surface area (Å²) in [5, 5.41) is 2.79. The van der Waals surface area contributed by atoms with Gasteiger partial charge in [-0.25, -0.2) is 4.98 Å². The standard InChI is InChI=1S/C10H7Cl2NO/c1-14-9-4-6-2-3-13-10(12)7(6)5-8(9)11/h2-5H,1H3. The molecule has 0 radical (unpaired) electrons. The number of halogens is 2. The lowest BCUT2D eigenvalue weighted by Gasteiger charge is -2.05. The van der Waals surface area contributed by atoms with Gasteiger partial charge in [-0.3, -0.25) is 0 Å². The van der Waals surface area contributed by atoms with Gasteiger partial charge < -0.3 is 4.74 Å². The number of nitrogens with zero attached hydrogens (tertiary/aromatic N) is 1. The molecule has 0 saturated heterocycles. The minimum absolute atomic E-state index is 0.451. The Labute approximate surface area is 91.4 Å². The minimum Gasteiger partial charge on any atom is -0.495 e. The molecule has 1 aromatic carbocycles. The molecule has 0 saturated carbocycles. The summed E-state index contributed by atoms with van der Waals surface area (Å²) in [7, 11) is 1.58. The quantitative estimate of drug-likeness (QED) is 0.696. The third kappa shape index (κ3) is 1.51. The summed E-state index contributed by atoms with van der Waals surface area (Å²) in [6, 6.07) is 5.45. The van der Waals surface area contributed by atoms with Crippen molar-refractivity contribution in [1.82, 2.24) is 4.98 Å². The van der Waals surface area contributed by atoms with Gasteiger partial charge in [-0.05, 0) is 23.6 Å². The van der Waals surface area contributed by atoms with Gasteiger partial charge in [0.05, 0.1) is 12.1 Å². The molecule has 0 atom stereocenters. The van der Waals surface area contributed by atoms with E-state index in [1.807, 2.05) is 12.1 Å². The minimum atomic E-state index is 0.451. The second kappa shape index (κ2) is 3.64. The van der Waals surface area contributed by atoms with Gasteiger partial charge >= 0.3 is 0 Å². The number of ether oxygens (including phenoxy) is 1. The average Bonchev–Trinajstić information content (AvgIpc) is 2.19. The highest BCUT2D eigenvalue weighted by Crippen LogP contribution is 2.32. The van der Waals surface area contributed by atoms with Crippen molar-refractivity contribution in [2.45, 2.75) is 0 Å². The largest absolute Gasteiger partial charge is 0.495 e. The van der Waals surface area contributed by atoms with Gasteiger partial charge in [0.25, 0.3) is 0 Å². The Hall–Kier alpha value is -0.990. The van der Waals surface area contributed by atoms with Crippen molar-refractivity contribution in [2.24, 2.45) is 0 Å². The first-order valence-electron chi connectivity index (χ1n) is 4.00. The molecule has 0 aliphatic rings. The Morgan fingerprint density at radius 1 is 1.29 bits per heavy atom. The summed E-state index contributed by atoms with van der Waals surface area (Å²) in [6.45, 7) is 0. The third-order valence-corrected chi connectivity index (χ3v) is 2.58. The van der Waals surface area contributed by atoms with Crippen molar-refractivity contribution in [3.05, 3.63) is 34.6 Å². The van der Waals surface area contributed by atoms with Gasteiger partial charge in [0.1, 0.15) is 10.9 Å². The molecule has 2 aromatic rings. The summed E-state index contributed by atoms with van der Waals surface area (Å²) in [5.74, 6) is 0.640. The summed E-state index contributed by atoms with van der Waals surface area (Å²) in [6.07, 6.45) is 1.65. The molecule has 0 unspecified atom stereocenters. The van der Waals surface area contributed by atoms with Crippen LogP contribution in [0, 0.1) is 0 Å². The number of rotatable bonds is 1. The van der Waals surface area contributed by atoms with Gasteiger partial charge in [0.2, 0.25) is 0 Å². The van der Waals surface area contributed by atoms with E-state index in [4.69, 9.17) is 27.9 Å². The topological polar surface area (TPSA) is 22.1 Å². The molecule has 0 aliphatic carbocycles. The molecule has 1 aromatic heterocycles. The van der Waals surface area contributed by atoms with E-state index in [-0.39, 0.29) is 0 Å². The monoisotopic (exact) mass is 227 g/mol. The average molecular weight is 228 g/mol. The number of aromatic nitrogens is 1. The van der Waals surface area contributed by atoms with E-state index in [0.717, 1.165) is 10.8 Å². The smallest absolute Gasteiger partial charge is 0.138 e. The molecule has 0 amide bonds. The van der Waals surface area contributed by atoms with Crippen molar-refractivity contribution in [3.8, 4) is 5.75 Å². The van der Waals surface area contributed by atoms with Crippen LogP contribution in [0.2, 0.25) is 10.2 Å². The molecule has 0 spiro atoms. The first kappa shape index (κ1) is 9.56. The van der Waals surface area contributed by atoms with Gasteiger partial charge in [0, 0.05) is 11.6 Å². The lowest BCUT2D eigenvalue weighted by Crippen LogP contribution is -1.85. The first-order chi connectivity index (χ1) is 6.72. The molecule has 14 heavy (non-hydrogen) atoms. The number of fused-ring (bicyclic) bond motifs is 1. The maximum absolute atomic E-state index is 5.96. The van der Waals surface area contributed by atoms with Gasteiger partial charge in [-0.15, -0.1) is 0 Å². The van der Waals surface area contributed by atoms with Crippen LogP contribution in [-0.2, 0) is 0 Å². The predicted molar refractivity (Wildman–Crippen MR) is 58.3 cm³/mol. The Kier molecular flexibility index (Phi) is 2.48. The van der Waals surface area contributed by atoms with Gasteiger partial charge in [0.15, 0.2) is 0 Å². The zero-order chi connectivity index (χ0) is 10.1. The molecule has 0 N–H and O–H groups in total. The summed E-state index contributed by atoms with van der Waals surface area (Å²) in [4.78, 5) is 3.97. The molecular weight excluding hydrogens is 221 g/mol. The van der Waals surface area contributed by atoms with E-state index in [1.54, 1.807) is 19.4 Å². The van der Waals surface area contributed by atoms with Crippen molar-refractivity contribution in [2.75, 3.05) is 7.11 Å². The Morgan fingerprint density at radius 2 is 2.07 bits per heavy atom. The van der Waals surface area contributed by atoms with Crippen molar-refractivity contribution in [1.29, 1.82) is 0 Å². The second-order valence-corrected chi connectivity index (χ2v) is 3.57. The molecule has 4 heteroatoms. The van der Waals surface area contributed by atoms with Crippen LogP contribution in [0.4, 0.5) is 0 Å². The maximum Gasteiger partial charge on any atom is 0.138 e. The van der Waals surface area contributed by atoms with E-state index in [9.17, 15) is 0 Å². The first-order valence-corrected chi connectivity index (χ1v) is 4.75. The predicted octanol–water partition coefficient (Wildman–Crippen LogP) is 3.55. The van der Waals surface area contributed by atoms with Crippen LogP contribution in [0.3, 0.4) is 0 Å². The number of hydrogen-bond donors (Lipinski definition) is 0. The normalized spacial score (nSPS) is 10.5. The van der Waals surface area contributed by atoms with Crippen LogP contribution < -0.4 is 4.74 Å². The molecule has 2 nitrogen and oxygen atoms in total. The molecule has 0 fully saturated rings. The van der Waals surface area contributed by atoms with Crippen LogP contribution in [0.5, 0.6) is 5.75 Å². The zero-order valence-corrected chi connectivity index (χ0v) is 8.93. The third-order valence-electron chi connectivity index (χ3n) is 1.99. The summed E-state index contributed by atoms with van der Waals surface area (Å²) in [5.41, 5.74) is 0. The van der Waals surface area contributed by atoms with Gasteiger partial charge in [-0.2, -0.15) is 0 Å². The van der Waals surface area contributed by atoms with Crippen LogP contribution in [0.25, 0.3) is 10.8 Å². The van der Waals surface area contributed by atoms with Crippen LogP contribution in [0.15, 0.2) is 24.4 Å². The summed E-state index contributed by atoms with van der Waals surface area (Å²) >= 11 is 11.9. The second-order valence-electron chi connectivity index (χ2n) is 2.81. The lowest BCUT2D eigenvalue weighted by atomic mass is 10.2. The Balaban J connectivity index is 2.79. The number of pyridine rings is 1. The molecule has 1 heterocycles. The highest BCUT2D eigenvalue weighted by atomic mass is 35.5. The molecule has 2 rings (SSSR count). The number of benzene rings is 1. The lowest BCUT2D eigenvalue weighted by molar-refractivity contribution is 0.415. The van der Waals surface area contributed by atoms with Crippen molar-refractivity contribution in [3.63, 3.8) is 0 Å². The number of hydrogen-bond acceptors (Lipinski definition) is 2. The van der Waals surface area contributed by atoms with Crippen LogP contribution >= 0.6 is 23.2 Å². The maximum atomic E-state index is 5.96. The van der Waals surface area contributed by atoms with Crippen LogP contribution in [-0.4, -0.2) is 12.1 Å². The van der Waals surface area contributed by atoms with Crippen LogP contribution in [0.1, 0.15) is 0 Å². The van der Waals surface area contributed by atoms with E-state index in [0.29, 0.717) is 15.9 Å². The number of methoxy groups -OCH3 is 1. The molecule has 72 valence electrons.